The number of hydrogen-bond donors (Lipinski definition) is 4. The third-order valence-corrected chi connectivity index (χ3v) is 5.45. The van der Waals surface area contributed by atoms with Crippen LogP contribution in [0.5, 0.6) is 0 Å². The van der Waals surface area contributed by atoms with Crippen molar-refractivity contribution < 1.29 is 9.90 Å². The first-order valence-corrected chi connectivity index (χ1v) is 11.4. The van der Waals surface area contributed by atoms with E-state index in [1.165, 1.54) is 0 Å². The summed E-state index contributed by atoms with van der Waals surface area (Å²) in [6, 6.07) is 15.7. The number of anilines is 1. The molecule has 4 rings (SSSR count). The molecule has 4 aromatic rings. The smallest absolute Gasteiger partial charge is 0.251 e. The van der Waals surface area contributed by atoms with E-state index in [-0.39, 0.29) is 18.6 Å². The third-order valence-electron chi connectivity index (χ3n) is 5.45. The number of fused-ring (bicyclic) bond motifs is 1. The van der Waals surface area contributed by atoms with Gasteiger partial charge in [-0.05, 0) is 43.7 Å². The molecule has 0 aliphatic carbocycles. The van der Waals surface area contributed by atoms with Crippen LogP contribution in [0.15, 0.2) is 67.3 Å². The molecule has 0 fully saturated rings. The van der Waals surface area contributed by atoms with Crippen LogP contribution in [0.4, 0.5) is 5.82 Å². The first-order valence-electron chi connectivity index (χ1n) is 11.4. The number of carbonyl (C=O) groups is 1. The first-order chi connectivity index (χ1) is 16.7. The van der Waals surface area contributed by atoms with Crippen molar-refractivity contribution in [3.63, 3.8) is 0 Å². The summed E-state index contributed by atoms with van der Waals surface area (Å²) in [6.07, 6.45) is 5.86. The highest BCUT2D eigenvalue weighted by atomic mass is 16.3. The lowest BCUT2D eigenvalue weighted by molar-refractivity contribution is 0.0953. The summed E-state index contributed by atoms with van der Waals surface area (Å²) < 4.78 is 1.86. The number of carbonyl (C=O) groups excluding carboxylic acids is 1. The van der Waals surface area contributed by atoms with Crippen molar-refractivity contribution >= 4 is 22.8 Å². The second kappa shape index (κ2) is 11.4. The monoisotopic (exact) mass is 459 g/mol. The van der Waals surface area contributed by atoms with E-state index in [1.54, 1.807) is 30.9 Å². The zero-order chi connectivity index (χ0) is 23.8. The van der Waals surface area contributed by atoms with Crippen LogP contribution in [0.1, 0.15) is 35.3 Å². The molecule has 9 heteroatoms. The molecule has 9 nitrogen and oxygen atoms in total. The van der Waals surface area contributed by atoms with Crippen LogP contribution in [0.3, 0.4) is 0 Å². The van der Waals surface area contributed by atoms with Gasteiger partial charge in [0.05, 0.1) is 30.0 Å². The second-order valence-corrected chi connectivity index (χ2v) is 7.94. The molecule has 0 saturated carbocycles. The van der Waals surface area contributed by atoms with Gasteiger partial charge in [-0.25, -0.2) is 9.97 Å². The summed E-state index contributed by atoms with van der Waals surface area (Å²) in [6.45, 7) is 4.04. The minimum Gasteiger partial charge on any atom is -0.395 e. The Morgan fingerprint density at radius 2 is 1.94 bits per heavy atom. The lowest BCUT2D eigenvalue weighted by Crippen LogP contribution is -2.28. The van der Waals surface area contributed by atoms with Crippen LogP contribution in [0.25, 0.3) is 16.9 Å². The van der Waals surface area contributed by atoms with Crippen molar-refractivity contribution in [3.8, 4) is 5.82 Å². The number of hydrogen-bond acceptors (Lipinski definition) is 7. The van der Waals surface area contributed by atoms with E-state index in [0.29, 0.717) is 35.8 Å². The summed E-state index contributed by atoms with van der Waals surface area (Å²) >= 11 is 0. The van der Waals surface area contributed by atoms with Gasteiger partial charge in [0.25, 0.3) is 5.91 Å². The van der Waals surface area contributed by atoms with Gasteiger partial charge in [-0.1, -0.05) is 30.3 Å². The van der Waals surface area contributed by atoms with Gasteiger partial charge >= 0.3 is 0 Å². The average Bonchev–Trinajstić information content (AvgIpc) is 3.30. The van der Waals surface area contributed by atoms with Crippen LogP contribution in [0.2, 0.25) is 0 Å². The molecule has 2 aromatic heterocycles. The highest BCUT2D eigenvalue weighted by Crippen LogP contribution is 2.21. The quantitative estimate of drug-likeness (QED) is 0.255. The number of benzene rings is 2. The normalized spacial score (nSPS) is 11.9. The molecule has 1 amide bonds. The zero-order valence-electron chi connectivity index (χ0n) is 19.1. The minimum atomic E-state index is -0.139. The van der Waals surface area contributed by atoms with E-state index in [0.717, 1.165) is 24.0 Å². The maximum Gasteiger partial charge on any atom is 0.251 e. The molecule has 1 unspecified atom stereocenters. The predicted octanol–water partition coefficient (Wildman–Crippen LogP) is 2.69. The molecule has 0 spiro atoms. The fourth-order valence-corrected chi connectivity index (χ4v) is 3.65. The van der Waals surface area contributed by atoms with Crippen molar-refractivity contribution in [3.05, 3.63) is 78.4 Å². The van der Waals surface area contributed by atoms with E-state index in [1.807, 2.05) is 28.8 Å². The van der Waals surface area contributed by atoms with Crippen LogP contribution in [-0.4, -0.2) is 56.8 Å². The summed E-state index contributed by atoms with van der Waals surface area (Å²) in [7, 11) is 0. The van der Waals surface area contributed by atoms with Gasteiger partial charge in [-0.15, -0.1) is 0 Å². The molecule has 0 radical (unpaired) electrons. The molecule has 2 aromatic carbocycles. The molecular formula is C25H29N7O2. The van der Waals surface area contributed by atoms with Crippen molar-refractivity contribution in [2.45, 2.75) is 19.4 Å². The van der Waals surface area contributed by atoms with E-state index in [9.17, 15) is 4.79 Å². The van der Waals surface area contributed by atoms with Crippen LogP contribution < -0.4 is 16.0 Å². The van der Waals surface area contributed by atoms with Crippen molar-refractivity contribution in [1.29, 1.82) is 0 Å². The van der Waals surface area contributed by atoms with Gasteiger partial charge in [0.2, 0.25) is 0 Å². The molecule has 4 N–H and O–H groups in total. The van der Waals surface area contributed by atoms with E-state index < -0.39 is 0 Å². The Labute approximate surface area is 198 Å². The van der Waals surface area contributed by atoms with Gasteiger partial charge in [0.15, 0.2) is 5.82 Å². The Morgan fingerprint density at radius 3 is 2.76 bits per heavy atom. The van der Waals surface area contributed by atoms with Crippen LogP contribution in [-0.2, 0) is 0 Å². The number of rotatable bonds is 11. The molecule has 0 aliphatic rings. The highest BCUT2D eigenvalue weighted by molar-refractivity contribution is 5.97. The molecule has 34 heavy (non-hydrogen) atoms. The predicted molar refractivity (Wildman–Crippen MR) is 132 cm³/mol. The maximum absolute atomic E-state index is 12.5. The highest BCUT2D eigenvalue weighted by Gasteiger charge is 2.12. The summed E-state index contributed by atoms with van der Waals surface area (Å²) in [4.78, 5) is 26.0. The number of amides is 1. The summed E-state index contributed by atoms with van der Waals surface area (Å²) in [5, 5.41) is 18.1. The Hall–Kier alpha value is -3.82. The molecule has 0 bridgehead atoms. The Bertz CT molecular complexity index is 1230. The lowest BCUT2D eigenvalue weighted by Gasteiger charge is -2.15. The Balaban J connectivity index is 1.44. The maximum atomic E-state index is 12.5. The SMILES string of the molecule is CC(Nc1cncc(-n2cnc3cc(C(=O)NCCCNCCO)ccc32)n1)c1ccccc1. The van der Waals surface area contributed by atoms with Gasteiger partial charge in [0.1, 0.15) is 12.1 Å². The van der Waals surface area contributed by atoms with Crippen LogP contribution >= 0.6 is 0 Å². The third kappa shape index (κ3) is 5.75. The van der Waals surface area contributed by atoms with Crippen LogP contribution in [0, 0.1) is 0 Å². The molecule has 0 aliphatic heterocycles. The second-order valence-electron chi connectivity index (χ2n) is 7.94. The van der Waals surface area contributed by atoms with E-state index >= 15 is 0 Å². The molecule has 2 heterocycles. The topological polar surface area (TPSA) is 117 Å². The van der Waals surface area contributed by atoms with Gasteiger partial charge in [-0.2, -0.15) is 0 Å². The van der Waals surface area contributed by atoms with E-state index in [2.05, 4.69) is 45.0 Å². The van der Waals surface area contributed by atoms with Gasteiger partial charge in [-0.3, -0.25) is 14.3 Å². The summed E-state index contributed by atoms with van der Waals surface area (Å²) in [5.74, 6) is 1.17. The largest absolute Gasteiger partial charge is 0.395 e. The average molecular weight is 460 g/mol. The molecule has 176 valence electrons. The zero-order valence-corrected chi connectivity index (χ0v) is 19.1. The first kappa shape index (κ1) is 23.3. The Morgan fingerprint density at radius 1 is 1.09 bits per heavy atom. The number of aliphatic hydroxyl groups is 1. The number of nitrogens with zero attached hydrogens (tertiary/aromatic N) is 4. The lowest BCUT2D eigenvalue weighted by atomic mass is 10.1. The van der Waals surface area contributed by atoms with Crippen molar-refractivity contribution in [2.75, 3.05) is 31.6 Å². The van der Waals surface area contributed by atoms with Crippen molar-refractivity contribution in [2.24, 2.45) is 0 Å². The molecule has 1 atom stereocenters. The standard InChI is InChI=1S/C25H29N7O2/c1-18(19-6-3-2-4-7-19)30-23-15-27-16-24(31-23)32-17-29-21-14-20(8-9-22(21)32)25(34)28-11-5-10-26-12-13-33/h2-4,6-9,14-18,26,33H,5,10-13H2,1H3,(H,28,34)(H,30,31). The number of aliphatic hydroxyl groups excluding tert-OH is 1. The molecule has 0 saturated heterocycles. The number of aromatic nitrogens is 4. The molecular weight excluding hydrogens is 430 g/mol. The Kier molecular flexibility index (Phi) is 7.79. The van der Waals surface area contributed by atoms with Gasteiger partial charge < -0.3 is 21.1 Å². The van der Waals surface area contributed by atoms with E-state index in [4.69, 9.17) is 10.1 Å². The fourth-order valence-electron chi connectivity index (χ4n) is 3.65. The van der Waals surface area contributed by atoms with Gasteiger partial charge in [0, 0.05) is 24.7 Å². The van der Waals surface area contributed by atoms with Crippen molar-refractivity contribution in [1.82, 2.24) is 30.2 Å². The number of nitrogens with one attached hydrogen (secondary N) is 3. The minimum absolute atomic E-state index is 0.0804. The number of imidazole rings is 1. The summed E-state index contributed by atoms with van der Waals surface area (Å²) in [5.41, 5.74) is 3.26. The fraction of sp³-hybridized carbons (Fsp3) is 0.280.